The number of amides is 1. The number of para-hydroxylation sites is 1. The van der Waals surface area contributed by atoms with E-state index in [4.69, 9.17) is 0 Å². The van der Waals surface area contributed by atoms with E-state index in [-0.39, 0.29) is 11.7 Å². The van der Waals surface area contributed by atoms with Crippen LogP contribution in [-0.4, -0.2) is 26.4 Å². The van der Waals surface area contributed by atoms with Crippen LogP contribution in [0.1, 0.15) is 6.92 Å². The molecule has 1 N–H and O–H groups in total. The maximum atomic E-state index is 12.1. The number of thiol groups is 1. The van der Waals surface area contributed by atoms with E-state index in [0.717, 1.165) is 33.7 Å². The first-order chi connectivity index (χ1) is 12.2. The van der Waals surface area contributed by atoms with Crippen molar-refractivity contribution in [2.75, 3.05) is 11.1 Å². The average Bonchev–Trinajstić information content (AvgIpc) is 3.04. The number of nitrogens with zero attached hydrogens (tertiary/aromatic N) is 3. The number of aromatic nitrogens is 3. The zero-order valence-corrected chi connectivity index (χ0v) is 15.4. The Hall–Kier alpha value is -2.25. The Bertz CT molecular complexity index is 847. The van der Waals surface area contributed by atoms with Gasteiger partial charge in [-0.1, -0.05) is 42.1 Å². The van der Waals surface area contributed by atoms with Gasteiger partial charge in [-0.15, -0.1) is 22.8 Å². The number of carbonyl (C=O) groups is 1. The van der Waals surface area contributed by atoms with Gasteiger partial charge in [-0.05, 0) is 31.2 Å². The van der Waals surface area contributed by atoms with E-state index in [9.17, 15) is 4.79 Å². The third kappa shape index (κ3) is 4.43. The van der Waals surface area contributed by atoms with Crippen molar-refractivity contribution in [3.8, 4) is 11.4 Å². The molecule has 7 heteroatoms. The first-order valence-electron chi connectivity index (χ1n) is 7.87. The van der Waals surface area contributed by atoms with Gasteiger partial charge >= 0.3 is 0 Å². The van der Waals surface area contributed by atoms with Crippen molar-refractivity contribution in [2.45, 2.75) is 23.5 Å². The highest BCUT2D eigenvalue weighted by Gasteiger charge is 2.14. The molecule has 0 aliphatic rings. The molecule has 0 radical (unpaired) electrons. The fourth-order valence-corrected chi connectivity index (χ4v) is 3.30. The predicted molar refractivity (Wildman–Crippen MR) is 104 cm³/mol. The first kappa shape index (κ1) is 17.6. The van der Waals surface area contributed by atoms with Crippen LogP contribution >= 0.6 is 24.4 Å². The van der Waals surface area contributed by atoms with Crippen LogP contribution in [0.5, 0.6) is 0 Å². The van der Waals surface area contributed by atoms with Crippen molar-refractivity contribution < 1.29 is 4.79 Å². The zero-order valence-electron chi connectivity index (χ0n) is 13.7. The van der Waals surface area contributed by atoms with Crippen LogP contribution in [0, 0.1) is 0 Å². The highest BCUT2D eigenvalue weighted by molar-refractivity contribution is 7.99. The summed E-state index contributed by atoms with van der Waals surface area (Å²) in [5.74, 6) is 1.01. The molecule has 1 heterocycles. The number of thioether (sulfide) groups is 1. The van der Waals surface area contributed by atoms with Gasteiger partial charge in [0.05, 0.1) is 5.75 Å². The minimum Gasteiger partial charge on any atom is -0.325 e. The van der Waals surface area contributed by atoms with E-state index in [1.807, 2.05) is 66.1 Å². The molecule has 0 saturated heterocycles. The molecule has 3 aromatic rings. The molecule has 5 nitrogen and oxygen atoms in total. The summed E-state index contributed by atoms with van der Waals surface area (Å²) in [6.07, 6.45) is 0. The minimum absolute atomic E-state index is 0.0668. The van der Waals surface area contributed by atoms with Crippen molar-refractivity contribution in [2.24, 2.45) is 0 Å². The molecule has 0 fully saturated rings. The van der Waals surface area contributed by atoms with E-state index < -0.39 is 0 Å². The summed E-state index contributed by atoms with van der Waals surface area (Å²) < 4.78 is 2.01. The lowest BCUT2D eigenvalue weighted by Gasteiger charge is -2.08. The molecule has 0 atom stereocenters. The van der Waals surface area contributed by atoms with Gasteiger partial charge in [-0.25, -0.2) is 0 Å². The second-order valence-electron chi connectivity index (χ2n) is 5.30. The molecule has 0 unspecified atom stereocenters. The summed E-state index contributed by atoms with van der Waals surface area (Å²) in [5.41, 5.74) is 1.77. The molecule has 1 amide bonds. The summed E-state index contributed by atoms with van der Waals surface area (Å²) >= 11 is 5.68. The fraction of sp³-hybridized carbons (Fsp3) is 0.167. The molecule has 3 rings (SSSR count). The van der Waals surface area contributed by atoms with Crippen molar-refractivity contribution in [3.63, 3.8) is 0 Å². The second kappa shape index (κ2) is 8.22. The largest absolute Gasteiger partial charge is 0.325 e. The summed E-state index contributed by atoms with van der Waals surface area (Å²) in [6, 6.07) is 17.2. The van der Waals surface area contributed by atoms with Crippen LogP contribution in [0.25, 0.3) is 11.4 Å². The van der Waals surface area contributed by atoms with E-state index in [2.05, 4.69) is 28.1 Å². The topological polar surface area (TPSA) is 59.8 Å². The molecule has 1 aromatic heterocycles. The van der Waals surface area contributed by atoms with Crippen LogP contribution in [-0.2, 0) is 11.3 Å². The van der Waals surface area contributed by atoms with Gasteiger partial charge in [0, 0.05) is 22.7 Å². The van der Waals surface area contributed by atoms with Crippen LogP contribution in [0.3, 0.4) is 0 Å². The van der Waals surface area contributed by atoms with Gasteiger partial charge in [-0.3, -0.25) is 4.79 Å². The molecule has 0 aliphatic heterocycles. The normalized spacial score (nSPS) is 10.6. The maximum absolute atomic E-state index is 12.1. The van der Waals surface area contributed by atoms with Crippen LogP contribution < -0.4 is 5.32 Å². The molecule has 128 valence electrons. The quantitative estimate of drug-likeness (QED) is 0.509. The van der Waals surface area contributed by atoms with E-state index in [1.165, 1.54) is 11.8 Å². The van der Waals surface area contributed by atoms with Gasteiger partial charge in [0.15, 0.2) is 11.0 Å². The van der Waals surface area contributed by atoms with E-state index in [1.54, 1.807) is 0 Å². The average molecular weight is 371 g/mol. The Morgan fingerprint density at radius 3 is 2.52 bits per heavy atom. The molecule has 25 heavy (non-hydrogen) atoms. The lowest BCUT2D eigenvalue weighted by molar-refractivity contribution is -0.113. The maximum Gasteiger partial charge on any atom is 0.234 e. The summed E-state index contributed by atoms with van der Waals surface area (Å²) in [6.45, 7) is 2.77. The molecule has 0 spiro atoms. The van der Waals surface area contributed by atoms with Crippen molar-refractivity contribution in [1.29, 1.82) is 0 Å². The Kier molecular flexibility index (Phi) is 5.78. The number of carbonyl (C=O) groups excluding carboxylic acids is 1. The van der Waals surface area contributed by atoms with Gasteiger partial charge in [-0.2, -0.15) is 0 Å². The predicted octanol–water partition coefficient (Wildman–Crippen LogP) is 3.98. The SMILES string of the molecule is CCn1c(SCC(=O)Nc2ccccc2)nnc1-c1ccc(S)cc1. The third-order valence-corrected chi connectivity index (χ3v) is 4.81. The third-order valence-electron chi connectivity index (χ3n) is 3.55. The van der Waals surface area contributed by atoms with E-state index in [0.29, 0.717) is 0 Å². The minimum atomic E-state index is -0.0668. The van der Waals surface area contributed by atoms with Crippen LogP contribution in [0.15, 0.2) is 64.6 Å². The lowest BCUT2D eigenvalue weighted by Crippen LogP contribution is -2.14. The number of rotatable bonds is 6. The molecule has 0 bridgehead atoms. The molecule has 0 saturated carbocycles. The van der Waals surface area contributed by atoms with E-state index >= 15 is 0 Å². The van der Waals surface area contributed by atoms with Crippen LogP contribution in [0.2, 0.25) is 0 Å². The number of nitrogens with one attached hydrogen (secondary N) is 1. The molecule has 0 aliphatic carbocycles. The molecular formula is C18H18N4OS2. The lowest BCUT2D eigenvalue weighted by atomic mass is 10.2. The zero-order chi connectivity index (χ0) is 17.6. The highest BCUT2D eigenvalue weighted by atomic mass is 32.2. The van der Waals surface area contributed by atoms with Gasteiger partial charge in [0.2, 0.25) is 5.91 Å². The monoisotopic (exact) mass is 370 g/mol. The van der Waals surface area contributed by atoms with Crippen molar-refractivity contribution in [3.05, 3.63) is 54.6 Å². The number of benzene rings is 2. The van der Waals surface area contributed by atoms with Crippen LogP contribution in [0.4, 0.5) is 5.69 Å². The van der Waals surface area contributed by atoms with Gasteiger partial charge in [0.25, 0.3) is 0 Å². The number of anilines is 1. The van der Waals surface area contributed by atoms with Crippen molar-refractivity contribution >= 4 is 36.0 Å². The van der Waals surface area contributed by atoms with Gasteiger partial charge < -0.3 is 9.88 Å². The van der Waals surface area contributed by atoms with Gasteiger partial charge in [0.1, 0.15) is 0 Å². The Balaban J connectivity index is 1.69. The fourth-order valence-electron chi connectivity index (χ4n) is 2.35. The second-order valence-corrected chi connectivity index (χ2v) is 6.76. The Labute approximate surface area is 156 Å². The Morgan fingerprint density at radius 2 is 1.84 bits per heavy atom. The summed E-state index contributed by atoms with van der Waals surface area (Å²) in [4.78, 5) is 13.0. The number of hydrogen-bond donors (Lipinski definition) is 2. The smallest absolute Gasteiger partial charge is 0.234 e. The summed E-state index contributed by atoms with van der Waals surface area (Å²) in [5, 5.41) is 12.1. The Morgan fingerprint density at radius 1 is 1.12 bits per heavy atom. The summed E-state index contributed by atoms with van der Waals surface area (Å²) in [7, 11) is 0. The highest BCUT2D eigenvalue weighted by Crippen LogP contribution is 2.25. The number of hydrogen-bond acceptors (Lipinski definition) is 5. The van der Waals surface area contributed by atoms with Crippen molar-refractivity contribution in [1.82, 2.24) is 14.8 Å². The molecule has 2 aromatic carbocycles. The molecular weight excluding hydrogens is 352 g/mol. The first-order valence-corrected chi connectivity index (χ1v) is 9.31. The standard InChI is InChI=1S/C18H18N4OS2/c1-2-22-17(13-8-10-15(24)11-9-13)20-21-18(22)25-12-16(23)19-14-6-4-3-5-7-14/h3-11,24H,2,12H2,1H3,(H,19,23).